The van der Waals surface area contributed by atoms with Gasteiger partial charge in [-0.05, 0) is 67.7 Å². The number of rotatable bonds is 3. The lowest BCUT2D eigenvalue weighted by atomic mass is 9.91. The number of nitrogens with zero attached hydrogens (tertiary/aromatic N) is 4. The van der Waals surface area contributed by atoms with Crippen LogP contribution in [0, 0.1) is 0 Å². The minimum Gasteiger partial charge on any atom is -0.353 e. The summed E-state index contributed by atoms with van der Waals surface area (Å²) in [5.41, 5.74) is 6.67. The first-order valence-electron chi connectivity index (χ1n) is 10.3. The van der Waals surface area contributed by atoms with Gasteiger partial charge in [-0.2, -0.15) is 5.10 Å². The summed E-state index contributed by atoms with van der Waals surface area (Å²) in [5.74, 6) is 0.550. The standard InChI is InChI=1S/C23H21N7/c1-2-7-25-19(3-1)21-16-12-20(28-18(16)6-10-26-21)22-17-11-15(13-27-23(17)30-29-22)14-4-8-24-9-5-14/h1-3,6-7,10-14,24,28H,4-5,8-9H2,(H,27,29,30). The van der Waals surface area contributed by atoms with E-state index < -0.39 is 0 Å². The third kappa shape index (κ3) is 2.86. The zero-order valence-electron chi connectivity index (χ0n) is 16.4. The van der Waals surface area contributed by atoms with Gasteiger partial charge in [0.1, 0.15) is 5.69 Å². The lowest BCUT2D eigenvalue weighted by Crippen LogP contribution is -2.26. The quantitative estimate of drug-likeness (QED) is 0.429. The largest absolute Gasteiger partial charge is 0.353 e. The van der Waals surface area contributed by atoms with Crippen molar-refractivity contribution in [1.29, 1.82) is 0 Å². The third-order valence-electron chi connectivity index (χ3n) is 5.96. The molecule has 0 saturated carbocycles. The van der Waals surface area contributed by atoms with Gasteiger partial charge in [-0.25, -0.2) is 4.98 Å². The SMILES string of the molecule is c1ccc(-c2nccc3[nH]c(-c4n[nH]c5ncc(C6CCNCC6)cc45)cc23)nc1. The molecule has 0 bridgehead atoms. The summed E-state index contributed by atoms with van der Waals surface area (Å²) in [6.07, 6.45) is 7.89. The van der Waals surface area contributed by atoms with E-state index in [0.29, 0.717) is 5.92 Å². The second-order valence-electron chi connectivity index (χ2n) is 7.78. The van der Waals surface area contributed by atoms with Crippen molar-refractivity contribution in [3.63, 3.8) is 0 Å². The Labute approximate surface area is 173 Å². The van der Waals surface area contributed by atoms with Gasteiger partial charge in [0.15, 0.2) is 5.65 Å². The second-order valence-corrected chi connectivity index (χ2v) is 7.78. The van der Waals surface area contributed by atoms with Crippen LogP contribution in [0.2, 0.25) is 0 Å². The van der Waals surface area contributed by atoms with Gasteiger partial charge in [0.05, 0.1) is 17.1 Å². The summed E-state index contributed by atoms with van der Waals surface area (Å²) in [5, 5.41) is 13.2. The second kappa shape index (κ2) is 7.03. The summed E-state index contributed by atoms with van der Waals surface area (Å²) in [7, 11) is 0. The van der Waals surface area contributed by atoms with Crippen molar-refractivity contribution in [2.24, 2.45) is 0 Å². The van der Waals surface area contributed by atoms with Crippen LogP contribution in [0.3, 0.4) is 0 Å². The average Bonchev–Trinajstić information content (AvgIpc) is 3.43. The molecule has 5 aromatic heterocycles. The molecule has 6 rings (SSSR count). The van der Waals surface area contributed by atoms with Gasteiger partial charge in [0.2, 0.25) is 0 Å². The van der Waals surface area contributed by atoms with Crippen LogP contribution in [0.1, 0.15) is 24.3 Å². The predicted octanol–water partition coefficient (Wildman–Crippen LogP) is 4.03. The van der Waals surface area contributed by atoms with E-state index in [0.717, 1.165) is 70.6 Å². The maximum Gasteiger partial charge on any atom is 0.155 e. The summed E-state index contributed by atoms with van der Waals surface area (Å²) in [4.78, 5) is 17.2. The molecule has 0 atom stereocenters. The van der Waals surface area contributed by atoms with Crippen molar-refractivity contribution in [3.05, 3.63) is 60.6 Å². The number of hydrogen-bond donors (Lipinski definition) is 3. The van der Waals surface area contributed by atoms with Gasteiger partial charge in [0.25, 0.3) is 0 Å². The third-order valence-corrected chi connectivity index (χ3v) is 5.96. The molecular weight excluding hydrogens is 374 g/mol. The molecular formula is C23H21N7. The fraction of sp³-hybridized carbons (Fsp3) is 0.217. The van der Waals surface area contributed by atoms with Gasteiger partial charge in [-0.1, -0.05) is 6.07 Å². The first-order valence-corrected chi connectivity index (χ1v) is 10.3. The summed E-state index contributed by atoms with van der Waals surface area (Å²) >= 11 is 0. The Balaban J connectivity index is 1.47. The van der Waals surface area contributed by atoms with E-state index in [-0.39, 0.29) is 0 Å². The van der Waals surface area contributed by atoms with Crippen LogP contribution in [0.15, 0.2) is 55.0 Å². The normalized spacial score (nSPS) is 15.2. The number of hydrogen-bond acceptors (Lipinski definition) is 5. The molecule has 6 heterocycles. The smallest absolute Gasteiger partial charge is 0.155 e. The fourth-order valence-corrected chi connectivity index (χ4v) is 4.39. The summed E-state index contributed by atoms with van der Waals surface area (Å²) in [6, 6.07) is 12.2. The van der Waals surface area contributed by atoms with Gasteiger partial charge in [-0.3, -0.25) is 15.1 Å². The van der Waals surface area contributed by atoms with Crippen LogP contribution in [0.5, 0.6) is 0 Å². The highest BCUT2D eigenvalue weighted by Crippen LogP contribution is 2.33. The van der Waals surface area contributed by atoms with Crippen LogP contribution in [0.4, 0.5) is 0 Å². The molecule has 30 heavy (non-hydrogen) atoms. The number of aromatic amines is 2. The van der Waals surface area contributed by atoms with Gasteiger partial charge in [-0.15, -0.1) is 0 Å². The van der Waals surface area contributed by atoms with Crippen LogP contribution in [-0.4, -0.2) is 43.2 Å². The Morgan fingerprint density at radius 2 is 1.80 bits per heavy atom. The van der Waals surface area contributed by atoms with Crippen LogP contribution >= 0.6 is 0 Å². The van der Waals surface area contributed by atoms with Crippen LogP contribution in [-0.2, 0) is 0 Å². The number of H-pyrrole nitrogens is 2. The minimum atomic E-state index is 0.550. The van der Waals surface area contributed by atoms with Gasteiger partial charge < -0.3 is 10.3 Å². The summed E-state index contributed by atoms with van der Waals surface area (Å²) in [6.45, 7) is 2.12. The molecule has 0 aliphatic carbocycles. The zero-order chi connectivity index (χ0) is 19.9. The van der Waals surface area contributed by atoms with Crippen LogP contribution < -0.4 is 5.32 Å². The molecule has 0 radical (unpaired) electrons. The molecule has 7 heteroatoms. The van der Waals surface area contributed by atoms with E-state index in [1.165, 1.54) is 5.56 Å². The van der Waals surface area contributed by atoms with Gasteiger partial charge >= 0.3 is 0 Å². The molecule has 0 aromatic carbocycles. The topological polar surface area (TPSA) is 95.2 Å². The van der Waals surface area contributed by atoms with Crippen molar-refractivity contribution in [3.8, 4) is 22.8 Å². The highest BCUT2D eigenvalue weighted by atomic mass is 15.2. The van der Waals surface area contributed by atoms with Crippen molar-refractivity contribution < 1.29 is 0 Å². The number of fused-ring (bicyclic) bond motifs is 2. The Morgan fingerprint density at radius 1 is 0.867 bits per heavy atom. The number of pyridine rings is 3. The maximum atomic E-state index is 4.65. The highest BCUT2D eigenvalue weighted by molar-refractivity contribution is 5.98. The summed E-state index contributed by atoms with van der Waals surface area (Å²) < 4.78 is 0. The lowest BCUT2D eigenvalue weighted by molar-refractivity contribution is 0.460. The van der Waals surface area contributed by atoms with E-state index >= 15 is 0 Å². The van der Waals surface area contributed by atoms with E-state index in [1.807, 2.05) is 36.7 Å². The van der Waals surface area contributed by atoms with E-state index in [9.17, 15) is 0 Å². The fourth-order valence-electron chi connectivity index (χ4n) is 4.39. The molecule has 0 spiro atoms. The van der Waals surface area contributed by atoms with Crippen molar-refractivity contribution in [1.82, 2.24) is 35.5 Å². The Hall–Kier alpha value is -3.58. The van der Waals surface area contributed by atoms with E-state index in [1.54, 1.807) is 6.20 Å². The van der Waals surface area contributed by atoms with Crippen molar-refractivity contribution >= 4 is 21.9 Å². The molecule has 1 saturated heterocycles. The molecule has 7 nitrogen and oxygen atoms in total. The van der Waals surface area contributed by atoms with Gasteiger partial charge in [0, 0.05) is 34.9 Å². The molecule has 148 valence electrons. The van der Waals surface area contributed by atoms with E-state index in [2.05, 4.69) is 47.6 Å². The number of piperidine rings is 1. The molecule has 5 aromatic rings. The van der Waals surface area contributed by atoms with E-state index in [4.69, 9.17) is 0 Å². The molecule has 1 fully saturated rings. The zero-order valence-corrected chi connectivity index (χ0v) is 16.4. The monoisotopic (exact) mass is 395 g/mol. The molecule has 0 amide bonds. The maximum absolute atomic E-state index is 4.65. The van der Waals surface area contributed by atoms with Crippen LogP contribution in [0.25, 0.3) is 44.7 Å². The predicted molar refractivity (Wildman–Crippen MR) is 117 cm³/mol. The Kier molecular flexibility index (Phi) is 4.06. The molecule has 3 N–H and O–H groups in total. The first-order chi connectivity index (χ1) is 14.9. The average molecular weight is 395 g/mol. The number of nitrogens with one attached hydrogen (secondary N) is 3. The minimum absolute atomic E-state index is 0.550. The first kappa shape index (κ1) is 17.3. The molecule has 1 aliphatic rings. The number of aromatic nitrogens is 6. The molecule has 0 unspecified atom stereocenters. The lowest BCUT2D eigenvalue weighted by Gasteiger charge is -2.22. The Bertz CT molecular complexity index is 1330. The Morgan fingerprint density at radius 3 is 2.67 bits per heavy atom. The van der Waals surface area contributed by atoms with Crippen molar-refractivity contribution in [2.75, 3.05) is 13.1 Å². The van der Waals surface area contributed by atoms with Crippen molar-refractivity contribution in [2.45, 2.75) is 18.8 Å². The highest BCUT2D eigenvalue weighted by Gasteiger charge is 2.19. The molecule has 1 aliphatic heterocycles.